The van der Waals surface area contributed by atoms with Crippen LogP contribution in [0.1, 0.15) is 22.8 Å². The van der Waals surface area contributed by atoms with Gasteiger partial charge >= 0.3 is 0 Å². The van der Waals surface area contributed by atoms with E-state index in [1.54, 1.807) is 12.1 Å². The first-order valence-electron chi connectivity index (χ1n) is 7.88. The van der Waals surface area contributed by atoms with Gasteiger partial charge in [0.15, 0.2) is 0 Å². The molecule has 0 saturated heterocycles. The summed E-state index contributed by atoms with van der Waals surface area (Å²) in [4.78, 5) is 12.1. The van der Waals surface area contributed by atoms with E-state index in [2.05, 4.69) is 5.32 Å². The second-order valence-corrected chi connectivity index (χ2v) is 6.04. The number of hydrogen-bond donors (Lipinski definition) is 2. The molecule has 24 heavy (non-hydrogen) atoms. The maximum atomic E-state index is 12.1. The van der Waals surface area contributed by atoms with Gasteiger partial charge in [0.25, 0.3) is 0 Å². The highest BCUT2D eigenvalue weighted by Crippen LogP contribution is 2.17. The average Bonchev–Trinajstić information content (AvgIpc) is 2.58. The van der Waals surface area contributed by atoms with E-state index >= 15 is 0 Å². The van der Waals surface area contributed by atoms with Crippen molar-refractivity contribution >= 4 is 17.5 Å². The molecule has 0 radical (unpaired) electrons. The molecule has 128 valence electrons. The first-order chi connectivity index (χ1) is 11.6. The lowest BCUT2D eigenvalue weighted by molar-refractivity contribution is -0.121. The highest BCUT2D eigenvalue weighted by molar-refractivity contribution is 6.30. The van der Waals surface area contributed by atoms with Crippen molar-refractivity contribution in [1.82, 2.24) is 5.32 Å². The van der Waals surface area contributed by atoms with Gasteiger partial charge in [0.05, 0.1) is 25.7 Å². The molecular formula is C19H22ClNO3. The number of halogens is 1. The number of aryl methyl sites for hydroxylation is 1. The van der Waals surface area contributed by atoms with Crippen molar-refractivity contribution in [2.24, 2.45) is 0 Å². The summed E-state index contributed by atoms with van der Waals surface area (Å²) in [5.74, 6) is -0.0815. The van der Waals surface area contributed by atoms with Gasteiger partial charge in [-0.3, -0.25) is 4.79 Å². The highest BCUT2D eigenvalue weighted by atomic mass is 35.5. The minimum absolute atomic E-state index is 0.0545. The smallest absolute Gasteiger partial charge is 0.224 e. The molecule has 0 saturated carbocycles. The van der Waals surface area contributed by atoms with Crippen LogP contribution in [0.3, 0.4) is 0 Å². The van der Waals surface area contributed by atoms with Crippen LogP contribution < -0.4 is 5.32 Å². The van der Waals surface area contributed by atoms with Gasteiger partial charge < -0.3 is 15.2 Å². The molecule has 4 nitrogen and oxygen atoms in total. The van der Waals surface area contributed by atoms with Crippen LogP contribution in [-0.2, 0) is 16.0 Å². The van der Waals surface area contributed by atoms with E-state index in [1.807, 2.05) is 43.3 Å². The van der Waals surface area contributed by atoms with Crippen LogP contribution in [0.4, 0.5) is 0 Å². The molecule has 1 amide bonds. The van der Waals surface area contributed by atoms with Crippen molar-refractivity contribution in [2.75, 3.05) is 19.8 Å². The third-order valence-electron chi connectivity index (χ3n) is 3.62. The van der Waals surface area contributed by atoms with Crippen molar-refractivity contribution < 1.29 is 14.6 Å². The van der Waals surface area contributed by atoms with Crippen molar-refractivity contribution in [1.29, 1.82) is 0 Å². The molecule has 0 aliphatic heterocycles. The minimum Gasteiger partial charge on any atom is -0.394 e. The van der Waals surface area contributed by atoms with Crippen molar-refractivity contribution in [3.8, 4) is 0 Å². The molecule has 2 aromatic rings. The van der Waals surface area contributed by atoms with Crippen LogP contribution >= 0.6 is 11.6 Å². The average molecular weight is 348 g/mol. The number of hydrogen-bond acceptors (Lipinski definition) is 3. The largest absolute Gasteiger partial charge is 0.394 e. The lowest BCUT2D eigenvalue weighted by Crippen LogP contribution is -2.31. The number of aliphatic hydroxyl groups excluding tert-OH is 1. The fraction of sp³-hybridized carbons (Fsp3) is 0.316. The van der Waals surface area contributed by atoms with Gasteiger partial charge in [-0.05, 0) is 30.2 Å². The number of rotatable bonds is 8. The fourth-order valence-electron chi connectivity index (χ4n) is 2.31. The Bertz CT molecular complexity index is 641. The van der Waals surface area contributed by atoms with Gasteiger partial charge in [-0.25, -0.2) is 0 Å². The molecule has 1 atom stereocenters. The Balaban J connectivity index is 1.92. The first-order valence-corrected chi connectivity index (χ1v) is 8.26. The van der Waals surface area contributed by atoms with E-state index in [9.17, 15) is 4.79 Å². The number of aliphatic hydroxyl groups is 1. The quantitative estimate of drug-likeness (QED) is 0.771. The second kappa shape index (κ2) is 9.42. The van der Waals surface area contributed by atoms with Crippen molar-refractivity contribution in [3.63, 3.8) is 0 Å². The molecule has 0 aliphatic carbocycles. The first kappa shape index (κ1) is 18.5. The molecule has 1 unspecified atom stereocenters. The Hall–Kier alpha value is -1.88. The molecule has 0 heterocycles. The molecule has 2 N–H and O–H groups in total. The standard InChI is InChI=1S/C19H22ClNO3/c1-14-2-6-16(7-3-14)18(24-11-10-22)13-21-19(23)12-15-4-8-17(20)9-5-15/h2-9,18,22H,10-13H2,1H3,(H,21,23). The molecule has 0 bridgehead atoms. The topological polar surface area (TPSA) is 58.6 Å². The fourth-order valence-corrected chi connectivity index (χ4v) is 2.43. The van der Waals surface area contributed by atoms with Crippen LogP contribution in [-0.4, -0.2) is 30.8 Å². The van der Waals surface area contributed by atoms with Gasteiger partial charge in [-0.1, -0.05) is 53.6 Å². The van der Waals surface area contributed by atoms with Crippen LogP contribution in [0, 0.1) is 6.92 Å². The minimum atomic E-state index is -0.285. The number of carbonyl (C=O) groups excluding carboxylic acids is 1. The summed E-state index contributed by atoms with van der Waals surface area (Å²) in [7, 11) is 0. The maximum absolute atomic E-state index is 12.1. The Morgan fingerprint density at radius 3 is 2.46 bits per heavy atom. The maximum Gasteiger partial charge on any atom is 0.224 e. The SMILES string of the molecule is Cc1ccc(C(CNC(=O)Cc2ccc(Cl)cc2)OCCO)cc1. The molecule has 2 aromatic carbocycles. The monoisotopic (exact) mass is 347 g/mol. The Morgan fingerprint density at radius 2 is 1.83 bits per heavy atom. The van der Waals surface area contributed by atoms with E-state index < -0.39 is 0 Å². The summed E-state index contributed by atoms with van der Waals surface area (Å²) >= 11 is 5.84. The number of ether oxygens (including phenoxy) is 1. The Morgan fingerprint density at radius 1 is 1.17 bits per heavy atom. The molecule has 0 fully saturated rings. The zero-order valence-corrected chi connectivity index (χ0v) is 14.4. The van der Waals surface area contributed by atoms with E-state index in [-0.39, 0.29) is 31.6 Å². The molecule has 0 aliphatic rings. The van der Waals surface area contributed by atoms with E-state index in [0.29, 0.717) is 11.6 Å². The predicted molar refractivity (Wildman–Crippen MR) is 95.1 cm³/mol. The predicted octanol–water partition coefficient (Wildman–Crippen LogP) is 3.06. The van der Waals surface area contributed by atoms with Crippen LogP contribution in [0.25, 0.3) is 0 Å². The second-order valence-electron chi connectivity index (χ2n) is 5.60. The van der Waals surface area contributed by atoms with Crippen molar-refractivity contribution in [3.05, 3.63) is 70.2 Å². The number of nitrogens with one attached hydrogen (secondary N) is 1. The lowest BCUT2D eigenvalue weighted by Gasteiger charge is -2.19. The number of amides is 1. The Labute approximate surface area is 147 Å². The van der Waals surface area contributed by atoms with E-state index in [0.717, 1.165) is 16.7 Å². The van der Waals surface area contributed by atoms with Crippen LogP contribution in [0.5, 0.6) is 0 Å². The summed E-state index contributed by atoms with van der Waals surface area (Å²) in [6.45, 7) is 2.55. The highest BCUT2D eigenvalue weighted by Gasteiger charge is 2.13. The lowest BCUT2D eigenvalue weighted by atomic mass is 10.1. The zero-order valence-electron chi connectivity index (χ0n) is 13.7. The number of benzene rings is 2. The van der Waals surface area contributed by atoms with E-state index in [1.165, 1.54) is 0 Å². The zero-order chi connectivity index (χ0) is 17.4. The summed E-state index contributed by atoms with van der Waals surface area (Å²) in [6.07, 6.45) is 0.00421. The van der Waals surface area contributed by atoms with Gasteiger partial charge in [0.1, 0.15) is 0 Å². The third kappa shape index (κ3) is 5.96. The summed E-state index contributed by atoms with van der Waals surface area (Å²) in [6, 6.07) is 15.2. The normalized spacial score (nSPS) is 12.0. The van der Waals surface area contributed by atoms with Gasteiger partial charge in [-0.2, -0.15) is 0 Å². The molecule has 0 aromatic heterocycles. The molecule has 2 rings (SSSR count). The summed E-state index contributed by atoms with van der Waals surface area (Å²) in [5.41, 5.74) is 3.03. The molecule has 5 heteroatoms. The van der Waals surface area contributed by atoms with Gasteiger partial charge in [-0.15, -0.1) is 0 Å². The summed E-state index contributed by atoms with van der Waals surface area (Å²) < 4.78 is 5.65. The Kier molecular flexibility index (Phi) is 7.25. The molecular weight excluding hydrogens is 326 g/mol. The van der Waals surface area contributed by atoms with Gasteiger partial charge in [0, 0.05) is 11.6 Å². The molecule has 0 spiro atoms. The number of carbonyl (C=O) groups is 1. The summed E-state index contributed by atoms with van der Waals surface area (Å²) in [5, 5.41) is 12.5. The van der Waals surface area contributed by atoms with E-state index in [4.69, 9.17) is 21.4 Å². The van der Waals surface area contributed by atoms with Gasteiger partial charge in [0.2, 0.25) is 5.91 Å². The third-order valence-corrected chi connectivity index (χ3v) is 3.87. The van der Waals surface area contributed by atoms with Crippen molar-refractivity contribution in [2.45, 2.75) is 19.4 Å². The van der Waals surface area contributed by atoms with Crippen LogP contribution in [0.2, 0.25) is 5.02 Å². The van der Waals surface area contributed by atoms with Crippen LogP contribution in [0.15, 0.2) is 48.5 Å².